The van der Waals surface area contributed by atoms with Crippen LogP contribution >= 0.6 is 0 Å². The second-order valence-corrected chi connectivity index (χ2v) is 6.16. The fraction of sp³-hybridized carbons (Fsp3) is 0.421. The number of hydrogen-bond acceptors (Lipinski definition) is 6. The first-order valence-corrected chi connectivity index (χ1v) is 8.97. The zero-order valence-electron chi connectivity index (χ0n) is 15.3. The number of aromatic nitrogens is 2. The third-order valence-electron chi connectivity index (χ3n) is 4.40. The third-order valence-corrected chi connectivity index (χ3v) is 4.40. The van der Waals surface area contributed by atoms with Crippen molar-refractivity contribution in [2.75, 3.05) is 49.6 Å². The van der Waals surface area contributed by atoms with Crippen molar-refractivity contribution in [3.8, 4) is 5.88 Å². The molecule has 1 aliphatic heterocycles. The molecule has 7 heteroatoms. The summed E-state index contributed by atoms with van der Waals surface area (Å²) in [5.41, 5.74) is 1.60. The van der Waals surface area contributed by atoms with E-state index in [0.29, 0.717) is 23.9 Å². The van der Waals surface area contributed by atoms with Crippen molar-refractivity contribution in [3.05, 3.63) is 42.1 Å². The topological polar surface area (TPSA) is 70.6 Å². The van der Waals surface area contributed by atoms with E-state index in [0.717, 1.165) is 32.6 Å². The van der Waals surface area contributed by atoms with Gasteiger partial charge in [0.05, 0.1) is 7.11 Å². The minimum Gasteiger partial charge on any atom is -0.480 e. The minimum absolute atomic E-state index is 0.204. The molecule has 0 aliphatic carbocycles. The second kappa shape index (κ2) is 8.51. The van der Waals surface area contributed by atoms with Gasteiger partial charge >= 0.3 is 0 Å². The van der Waals surface area contributed by atoms with E-state index in [1.807, 2.05) is 13.0 Å². The number of anilines is 2. The Balaban J connectivity index is 1.68. The maximum atomic E-state index is 12.2. The van der Waals surface area contributed by atoms with Gasteiger partial charge in [0.25, 0.3) is 5.91 Å². The van der Waals surface area contributed by atoms with Crippen molar-refractivity contribution in [1.82, 2.24) is 15.3 Å². The summed E-state index contributed by atoms with van der Waals surface area (Å²) >= 11 is 0. The molecule has 0 radical (unpaired) electrons. The van der Waals surface area contributed by atoms with E-state index in [1.54, 1.807) is 6.20 Å². The highest BCUT2D eigenvalue weighted by Gasteiger charge is 2.22. The monoisotopic (exact) mass is 355 g/mol. The molecule has 1 saturated heterocycles. The number of benzene rings is 1. The molecule has 1 amide bonds. The number of hydrogen-bond donors (Lipinski definition) is 1. The Bertz CT molecular complexity index is 730. The molecule has 0 spiro atoms. The number of nitrogens with zero attached hydrogens (tertiary/aromatic N) is 4. The predicted octanol–water partition coefficient (Wildman–Crippen LogP) is 1.95. The van der Waals surface area contributed by atoms with E-state index in [4.69, 9.17) is 4.74 Å². The Kier molecular flexibility index (Phi) is 5.88. The molecule has 7 nitrogen and oxygen atoms in total. The summed E-state index contributed by atoms with van der Waals surface area (Å²) in [7, 11) is 1.52. The lowest BCUT2D eigenvalue weighted by Gasteiger charge is -2.36. The number of nitrogens with one attached hydrogen (secondary N) is 1. The quantitative estimate of drug-likeness (QED) is 0.854. The number of methoxy groups -OCH3 is 1. The van der Waals surface area contributed by atoms with Crippen LogP contribution in [-0.4, -0.2) is 55.7 Å². The Hall–Kier alpha value is -2.83. The molecule has 26 heavy (non-hydrogen) atoms. The van der Waals surface area contributed by atoms with Crippen LogP contribution in [-0.2, 0) is 0 Å². The van der Waals surface area contributed by atoms with Gasteiger partial charge < -0.3 is 19.9 Å². The molecular formula is C19H25N5O2. The first-order valence-electron chi connectivity index (χ1n) is 8.97. The summed E-state index contributed by atoms with van der Waals surface area (Å²) < 4.78 is 5.32. The van der Waals surface area contributed by atoms with Gasteiger partial charge in [0, 0.05) is 44.6 Å². The van der Waals surface area contributed by atoms with E-state index >= 15 is 0 Å². The molecule has 1 aromatic carbocycles. The molecule has 0 unspecified atom stereocenters. The first-order chi connectivity index (χ1) is 12.7. The predicted molar refractivity (Wildman–Crippen MR) is 102 cm³/mol. The molecule has 0 saturated carbocycles. The largest absolute Gasteiger partial charge is 0.480 e. The molecule has 0 bridgehead atoms. The first kappa shape index (κ1) is 18.0. The number of carbonyl (C=O) groups excluding carboxylic acids is 1. The average molecular weight is 355 g/mol. The number of ether oxygens (including phenoxy) is 1. The van der Waals surface area contributed by atoms with Gasteiger partial charge in [0.15, 0.2) is 0 Å². The highest BCUT2D eigenvalue weighted by Crippen LogP contribution is 2.21. The van der Waals surface area contributed by atoms with Gasteiger partial charge in [-0.05, 0) is 18.6 Å². The van der Waals surface area contributed by atoms with Gasteiger partial charge in [-0.2, -0.15) is 4.98 Å². The van der Waals surface area contributed by atoms with Gasteiger partial charge in [0.1, 0.15) is 5.56 Å². The third kappa shape index (κ3) is 4.04. The smallest absolute Gasteiger partial charge is 0.258 e. The van der Waals surface area contributed by atoms with E-state index in [2.05, 4.69) is 49.4 Å². The summed E-state index contributed by atoms with van der Waals surface area (Å²) in [5, 5.41) is 2.83. The van der Waals surface area contributed by atoms with Crippen molar-refractivity contribution in [1.29, 1.82) is 0 Å². The number of para-hydroxylation sites is 1. The summed E-state index contributed by atoms with van der Waals surface area (Å²) in [6, 6.07) is 10.4. The molecule has 3 rings (SSSR count). The average Bonchev–Trinajstić information content (AvgIpc) is 2.72. The lowest BCUT2D eigenvalue weighted by Crippen LogP contribution is -2.47. The lowest BCUT2D eigenvalue weighted by atomic mass is 10.2. The molecule has 1 fully saturated rings. The van der Waals surface area contributed by atoms with Gasteiger partial charge in [0.2, 0.25) is 11.8 Å². The van der Waals surface area contributed by atoms with Crippen LogP contribution < -0.4 is 19.9 Å². The van der Waals surface area contributed by atoms with Crippen LogP contribution in [0, 0.1) is 0 Å². The molecule has 1 aliphatic rings. The summed E-state index contributed by atoms with van der Waals surface area (Å²) in [6.45, 7) is 6.05. The van der Waals surface area contributed by atoms with Crippen molar-refractivity contribution < 1.29 is 9.53 Å². The fourth-order valence-corrected chi connectivity index (χ4v) is 2.96. The van der Waals surface area contributed by atoms with Gasteiger partial charge in [-0.3, -0.25) is 4.79 Å². The maximum Gasteiger partial charge on any atom is 0.258 e. The molecular weight excluding hydrogens is 330 g/mol. The molecule has 1 N–H and O–H groups in total. The normalized spacial score (nSPS) is 14.2. The van der Waals surface area contributed by atoms with Crippen LogP contribution in [0.3, 0.4) is 0 Å². The minimum atomic E-state index is -0.204. The van der Waals surface area contributed by atoms with Crippen LogP contribution in [0.4, 0.5) is 11.6 Å². The molecule has 2 heterocycles. The van der Waals surface area contributed by atoms with E-state index in [9.17, 15) is 4.79 Å². The summed E-state index contributed by atoms with van der Waals surface area (Å²) in [5.74, 6) is 0.708. The SMILES string of the molecule is CCCNC(=O)c1cnc(N2CCN(c3ccccc3)CC2)nc1OC. The van der Waals surface area contributed by atoms with Crippen LogP contribution in [0.5, 0.6) is 5.88 Å². The van der Waals surface area contributed by atoms with Crippen LogP contribution in [0.25, 0.3) is 0 Å². The highest BCUT2D eigenvalue weighted by atomic mass is 16.5. The zero-order valence-corrected chi connectivity index (χ0v) is 15.3. The Morgan fingerprint density at radius 1 is 1.15 bits per heavy atom. The summed E-state index contributed by atoms with van der Waals surface area (Å²) in [4.78, 5) is 25.5. The van der Waals surface area contributed by atoms with Gasteiger partial charge in [-0.1, -0.05) is 25.1 Å². The van der Waals surface area contributed by atoms with E-state index < -0.39 is 0 Å². The van der Waals surface area contributed by atoms with Crippen LogP contribution in [0.15, 0.2) is 36.5 Å². The standard InChI is InChI=1S/C19H25N5O2/c1-3-9-20-17(25)16-14-21-19(22-18(16)26-2)24-12-10-23(11-13-24)15-7-5-4-6-8-15/h4-8,14H,3,9-13H2,1-2H3,(H,20,25). The van der Waals surface area contributed by atoms with E-state index in [-0.39, 0.29) is 5.91 Å². The van der Waals surface area contributed by atoms with Crippen molar-refractivity contribution in [2.45, 2.75) is 13.3 Å². The van der Waals surface area contributed by atoms with Crippen molar-refractivity contribution >= 4 is 17.5 Å². The molecule has 138 valence electrons. The van der Waals surface area contributed by atoms with Crippen LogP contribution in [0.2, 0.25) is 0 Å². The highest BCUT2D eigenvalue weighted by molar-refractivity contribution is 5.96. The number of amides is 1. The maximum absolute atomic E-state index is 12.2. The molecule has 0 atom stereocenters. The van der Waals surface area contributed by atoms with Crippen molar-refractivity contribution in [2.24, 2.45) is 0 Å². The van der Waals surface area contributed by atoms with E-state index in [1.165, 1.54) is 12.8 Å². The van der Waals surface area contributed by atoms with Gasteiger partial charge in [-0.15, -0.1) is 0 Å². The lowest BCUT2D eigenvalue weighted by molar-refractivity contribution is 0.0949. The fourth-order valence-electron chi connectivity index (χ4n) is 2.96. The van der Waals surface area contributed by atoms with Crippen molar-refractivity contribution in [3.63, 3.8) is 0 Å². The zero-order chi connectivity index (χ0) is 18.4. The second-order valence-electron chi connectivity index (χ2n) is 6.16. The Morgan fingerprint density at radius 2 is 1.85 bits per heavy atom. The molecule has 1 aromatic heterocycles. The number of rotatable bonds is 6. The number of carbonyl (C=O) groups is 1. The molecule has 2 aromatic rings. The Labute approximate surface area is 154 Å². The van der Waals surface area contributed by atoms with Gasteiger partial charge in [-0.25, -0.2) is 4.98 Å². The number of piperazine rings is 1. The summed E-state index contributed by atoms with van der Waals surface area (Å²) in [6.07, 6.45) is 2.43. The Morgan fingerprint density at radius 3 is 2.50 bits per heavy atom. The van der Waals surface area contributed by atoms with Crippen LogP contribution in [0.1, 0.15) is 23.7 Å².